The van der Waals surface area contributed by atoms with Crippen molar-refractivity contribution in [2.75, 3.05) is 26.9 Å². The van der Waals surface area contributed by atoms with Crippen LogP contribution in [0.5, 0.6) is 0 Å². The first kappa shape index (κ1) is 27.7. The summed E-state index contributed by atoms with van der Waals surface area (Å²) in [6.07, 6.45) is 0.262. The summed E-state index contributed by atoms with van der Waals surface area (Å²) in [5.74, 6) is -0.270. The van der Waals surface area contributed by atoms with E-state index in [1.165, 1.54) is 25.3 Å². The number of halogens is 3. The third kappa shape index (κ3) is 6.87. The van der Waals surface area contributed by atoms with Crippen LogP contribution in [0.25, 0.3) is 11.4 Å². The third-order valence-corrected chi connectivity index (χ3v) is 6.04. The quantitative estimate of drug-likeness (QED) is 0.376. The summed E-state index contributed by atoms with van der Waals surface area (Å²) in [6, 6.07) is 12.6. The zero-order valence-electron chi connectivity index (χ0n) is 20.7. The molecule has 0 aliphatic rings. The average molecular weight is 520 g/mol. The van der Waals surface area contributed by atoms with Crippen molar-refractivity contribution in [3.05, 3.63) is 70.8 Å². The number of alkyl halides is 1. The summed E-state index contributed by atoms with van der Waals surface area (Å²) in [4.78, 5) is 19.5. The van der Waals surface area contributed by atoms with E-state index in [4.69, 9.17) is 27.1 Å². The van der Waals surface area contributed by atoms with Crippen molar-refractivity contribution in [1.29, 1.82) is 0 Å². The van der Waals surface area contributed by atoms with Crippen LogP contribution < -0.4 is 5.73 Å². The molecule has 2 aromatic carbocycles. The van der Waals surface area contributed by atoms with Crippen molar-refractivity contribution >= 4 is 17.5 Å². The van der Waals surface area contributed by atoms with Crippen LogP contribution >= 0.6 is 11.6 Å². The SMILES string of the molecule is COCC(=O)N(CCC(N)CF)[C@@H](c1nc(-c2cc(Cl)ccc2F)nn1Cc1ccccc1)C(C)C. The van der Waals surface area contributed by atoms with E-state index in [0.717, 1.165) is 5.56 Å². The highest BCUT2D eigenvalue weighted by atomic mass is 35.5. The standard InChI is InChI=1S/C26H32ClF2N5O2/c1-17(2)24(33(23(35)16-36-3)12-11-20(30)14-28)26-31-25(21-13-19(27)9-10-22(21)29)32-34(26)15-18-7-5-4-6-8-18/h4-10,13,17,20,24H,11-12,14-16,30H2,1-3H3/t20?,24-/m1/s1. The summed E-state index contributed by atoms with van der Waals surface area (Å²) < 4.78 is 34.6. The molecule has 1 heterocycles. The number of nitrogens with two attached hydrogens (primary N) is 1. The van der Waals surface area contributed by atoms with Gasteiger partial charge in [0, 0.05) is 24.7 Å². The molecule has 194 valence electrons. The van der Waals surface area contributed by atoms with Crippen molar-refractivity contribution in [2.45, 2.75) is 38.9 Å². The number of ether oxygens (including phenoxy) is 1. The molecule has 36 heavy (non-hydrogen) atoms. The molecule has 0 saturated carbocycles. The van der Waals surface area contributed by atoms with Gasteiger partial charge < -0.3 is 15.4 Å². The van der Waals surface area contributed by atoms with Crippen LogP contribution in [0.4, 0.5) is 8.78 Å². The van der Waals surface area contributed by atoms with Gasteiger partial charge in [-0.25, -0.2) is 18.4 Å². The number of aromatic nitrogens is 3. The van der Waals surface area contributed by atoms with Gasteiger partial charge in [0.2, 0.25) is 5.91 Å². The minimum atomic E-state index is -0.700. The number of carbonyl (C=O) groups is 1. The Balaban J connectivity index is 2.13. The first-order valence-corrected chi connectivity index (χ1v) is 12.2. The van der Waals surface area contributed by atoms with Crippen LogP contribution in [0.15, 0.2) is 48.5 Å². The molecule has 1 amide bonds. The second-order valence-corrected chi connectivity index (χ2v) is 9.41. The number of hydrogen-bond acceptors (Lipinski definition) is 5. The number of rotatable bonds is 12. The zero-order valence-corrected chi connectivity index (χ0v) is 21.5. The van der Waals surface area contributed by atoms with Gasteiger partial charge >= 0.3 is 0 Å². The van der Waals surface area contributed by atoms with E-state index in [1.54, 1.807) is 9.58 Å². The van der Waals surface area contributed by atoms with E-state index in [0.29, 0.717) is 17.4 Å². The number of hydrogen-bond donors (Lipinski definition) is 1. The maximum Gasteiger partial charge on any atom is 0.249 e. The van der Waals surface area contributed by atoms with Gasteiger partial charge in [-0.15, -0.1) is 0 Å². The highest BCUT2D eigenvalue weighted by Gasteiger charge is 2.33. The topological polar surface area (TPSA) is 86.3 Å². The molecular formula is C26H32ClF2N5O2. The van der Waals surface area contributed by atoms with Crippen molar-refractivity contribution in [3.8, 4) is 11.4 Å². The Hall–Kier alpha value is -2.88. The van der Waals surface area contributed by atoms with Gasteiger partial charge in [-0.1, -0.05) is 55.8 Å². The van der Waals surface area contributed by atoms with E-state index < -0.39 is 24.6 Å². The second kappa shape index (κ2) is 12.9. The molecule has 2 atom stereocenters. The third-order valence-electron chi connectivity index (χ3n) is 5.80. The summed E-state index contributed by atoms with van der Waals surface area (Å²) in [5, 5.41) is 4.98. The van der Waals surface area contributed by atoms with E-state index in [9.17, 15) is 13.6 Å². The fourth-order valence-electron chi connectivity index (χ4n) is 4.03. The van der Waals surface area contributed by atoms with Crippen LogP contribution in [0, 0.1) is 11.7 Å². The molecule has 3 aromatic rings. The molecule has 2 N–H and O–H groups in total. The summed E-state index contributed by atoms with van der Waals surface area (Å²) >= 11 is 6.13. The number of benzene rings is 2. The Bertz CT molecular complexity index is 1140. The molecular weight excluding hydrogens is 488 g/mol. The lowest BCUT2D eigenvalue weighted by atomic mass is 10.00. The molecule has 1 unspecified atom stereocenters. The second-order valence-electron chi connectivity index (χ2n) is 8.97. The molecule has 7 nitrogen and oxygen atoms in total. The number of carbonyl (C=O) groups excluding carboxylic acids is 1. The lowest BCUT2D eigenvalue weighted by Gasteiger charge is -2.34. The zero-order chi connectivity index (χ0) is 26.2. The Morgan fingerprint density at radius 1 is 1.22 bits per heavy atom. The van der Waals surface area contributed by atoms with Gasteiger partial charge in [-0.05, 0) is 36.1 Å². The molecule has 0 spiro atoms. The highest BCUT2D eigenvalue weighted by molar-refractivity contribution is 6.30. The Labute approximate surface area is 215 Å². The molecule has 0 bridgehead atoms. The number of nitrogens with zero attached hydrogens (tertiary/aromatic N) is 4. The number of amides is 1. The van der Waals surface area contributed by atoms with Crippen LogP contribution in [0.1, 0.15) is 37.7 Å². The van der Waals surface area contributed by atoms with E-state index in [1.807, 2.05) is 44.2 Å². The van der Waals surface area contributed by atoms with Crippen LogP contribution in [-0.4, -0.2) is 58.5 Å². The van der Waals surface area contributed by atoms with Crippen LogP contribution in [-0.2, 0) is 16.1 Å². The Kier molecular flexibility index (Phi) is 9.92. The van der Waals surface area contributed by atoms with Crippen molar-refractivity contribution in [1.82, 2.24) is 19.7 Å². The first-order valence-electron chi connectivity index (χ1n) is 11.8. The molecule has 3 rings (SSSR count). The van der Waals surface area contributed by atoms with Gasteiger partial charge in [-0.3, -0.25) is 4.79 Å². The summed E-state index contributed by atoms with van der Waals surface area (Å²) in [5.41, 5.74) is 6.94. The van der Waals surface area contributed by atoms with Crippen LogP contribution in [0.2, 0.25) is 5.02 Å². The maximum absolute atomic E-state index is 14.7. The first-order chi connectivity index (χ1) is 17.2. The van der Waals surface area contributed by atoms with Crippen LogP contribution in [0.3, 0.4) is 0 Å². The molecule has 10 heteroatoms. The lowest BCUT2D eigenvalue weighted by molar-refractivity contribution is -0.139. The Morgan fingerprint density at radius 2 is 1.94 bits per heavy atom. The Morgan fingerprint density at radius 3 is 2.58 bits per heavy atom. The molecule has 0 aliphatic heterocycles. The fraction of sp³-hybridized carbons (Fsp3) is 0.423. The monoisotopic (exact) mass is 519 g/mol. The van der Waals surface area contributed by atoms with Gasteiger partial charge in [0.05, 0.1) is 18.2 Å². The predicted molar refractivity (Wildman–Crippen MR) is 136 cm³/mol. The van der Waals surface area contributed by atoms with Gasteiger partial charge in [0.15, 0.2) is 11.6 Å². The highest BCUT2D eigenvalue weighted by Crippen LogP contribution is 2.32. The lowest BCUT2D eigenvalue weighted by Crippen LogP contribution is -2.43. The molecule has 0 fully saturated rings. The summed E-state index contributed by atoms with van der Waals surface area (Å²) in [6.45, 7) is 3.61. The largest absolute Gasteiger partial charge is 0.375 e. The van der Waals surface area contributed by atoms with Gasteiger partial charge in [0.25, 0.3) is 0 Å². The molecule has 0 saturated heterocycles. The molecule has 1 aromatic heterocycles. The average Bonchev–Trinajstić information content (AvgIpc) is 3.26. The maximum atomic E-state index is 14.7. The minimum Gasteiger partial charge on any atom is -0.375 e. The fourth-order valence-corrected chi connectivity index (χ4v) is 4.21. The smallest absolute Gasteiger partial charge is 0.249 e. The molecule has 0 radical (unpaired) electrons. The van der Waals surface area contributed by atoms with E-state index >= 15 is 0 Å². The molecule has 0 aliphatic carbocycles. The van der Waals surface area contributed by atoms with Gasteiger partial charge in [0.1, 0.15) is 19.1 Å². The van der Waals surface area contributed by atoms with Crippen molar-refractivity contribution < 1.29 is 18.3 Å². The normalized spacial score (nSPS) is 13.1. The van der Waals surface area contributed by atoms with E-state index in [-0.39, 0.29) is 42.8 Å². The predicted octanol–water partition coefficient (Wildman–Crippen LogP) is 4.64. The summed E-state index contributed by atoms with van der Waals surface area (Å²) in [7, 11) is 1.44. The van der Waals surface area contributed by atoms with Gasteiger partial charge in [-0.2, -0.15) is 5.10 Å². The minimum absolute atomic E-state index is 0.108. The van der Waals surface area contributed by atoms with Crippen molar-refractivity contribution in [3.63, 3.8) is 0 Å². The van der Waals surface area contributed by atoms with Crippen molar-refractivity contribution in [2.24, 2.45) is 11.7 Å². The van der Waals surface area contributed by atoms with E-state index in [2.05, 4.69) is 5.10 Å². The number of methoxy groups -OCH3 is 1.